The van der Waals surface area contributed by atoms with Gasteiger partial charge in [-0.2, -0.15) is 0 Å². The van der Waals surface area contributed by atoms with Gasteiger partial charge in [0, 0.05) is 20.8 Å². The third-order valence-corrected chi connectivity index (χ3v) is 1.49. The van der Waals surface area contributed by atoms with Crippen LogP contribution in [0, 0.1) is 0 Å². The van der Waals surface area contributed by atoms with Gasteiger partial charge in [0.1, 0.15) is 6.34 Å². The summed E-state index contributed by atoms with van der Waals surface area (Å²) >= 11 is 0. The summed E-state index contributed by atoms with van der Waals surface area (Å²) in [7, 11) is 3.22. The highest BCUT2D eigenvalue weighted by atomic mass is 16.5. The fraction of sp³-hybridized carbons (Fsp3) is 0.667. The molecule has 0 rings (SSSR count). The first-order valence-electron chi connectivity index (χ1n) is 4.74. The molecule has 0 aliphatic carbocycles. The molecular formula is C9H18N4O2. The number of methoxy groups -OCH3 is 1. The Morgan fingerprint density at radius 2 is 2.33 bits per heavy atom. The minimum absolute atomic E-state index is 0.241. The Balaban J connectivity index is 3.31. The fourth-order valence-electron chi connectivity index (χ4n) is 0.739. The monoisotopic (exact) mass is 214 g/mol. The predicted octanol–water partition coefficient (Wildman–Crippen LogP) is -0.585. The summed E-state index contributed by atoms with van der Waals surface area (Å²) in [5.74, 6) is -0.241. The summed E-state index contributed by atoms with van der Waals surface area (Å²) < 4.78 is 4.88. The number of nitrogens with zero attached hydrogens (tertiary/aromatic N) is 2. The van der Waals surface area contributed by atoms with Gasteiger partial charge in [-0.05, 0) is 13.0 Å². The van der Waals surface area contributed by atoms with Crippen LogP contribution in [0.15, 0.2) is 9.98 Å². The summed E-state index contributed by atoms with van der Waals surface area (Å²) in [6, 6.07) is 0. The largest absolute Gasteiger partial charge is 0.385 e. The molecule has 0 saturated carbocycles. The SMILES string of the molecule is CNC(=O)C=NC=NCNCCCOC. The highest BCUT2D eigenvalue weighted by molar-refractivity contribution is 6.27. The first kappa shape index (κ1) is 13.7. The number of rotatable bonds is 8. The number of hydrogen-bond donors (Lipinski definition) is 2. The maximum atomic E-state index is 10.7. The minimum Gasteiger partial charge on any atom is -0.385 e. The van der Waals surface area contributed by atoms with Crippen molar-refractivity contribution in [3.63, 3.8) is 0 Å². The topological polar surface area (TPSA) is 75.1 Å². The molecule has 0 spiro atoms. The molecule has 0 heterocycles. The van der Waals surface area contributed by atoms with Crippen LogP contribution in [0.2, 0.25) is 0 Å². The Hall–Kier alpha value is -1.27. The summed E-state index contributed by atoms with van der Waals surface area (Å²) in [6.45, 7) is 2.09. The van der Waals surface area contributed by atoms with E-state index in [1.165, 1.54) is 12.6 Å². The van der Waals surface area contributed by atoms with Crippen LogP contribution >= 0.6 is 0 Å². The van der Waals surface area contributed by atoms with Crippen molar-refractivity contribution in [2.45, 2.75) is 6.42 Å². The Morgan fingerprint density at radius 1 is 1.53 bits per heavy atom. The van der Waals surface area contributed by atoms with Crippen molar-refractivity contribution in [2.24, 2.45) is 9.98 Å². The summed E-state index contributed by atoms with van der Waals surface area (Å²) in [5.41, 5.74) is 0. The molecule has 86 valence electrons. The third kappa shape index (κ3) is 10.7. The van der Waals surface area contributed by atoms with Crippen molar-refractivity contribution < 1.29 is 9.53 Å². The lowest BCUT2D eigenvalue weighted by molar-refractivity contribution is -0.113. The minimum atomic E-state index is -0.241. The molecule has 0 bridgehead atoms. The average molecular weight is 214 g/mol. The zero-order valence-electron chi connectivity index (χ0n) is 9.19. The molecule has 2 N–H and O–H groups in total. The van der Waals surface area contributed by atoms with E-state index in [9.17, 15) is 4.79 Å². The van der Waals surface area contributed by atoms with Gasteiger partial charge in [0.25, 0.3) is 5.91 Å². The molecule has 0 atom stereocenters. The molecule has 0 unspecified atom stereocenters. The van der Waals surface area contributed by atoms with Gasteiger partial charge in [-0.1, -0.05) is 0 Å². The van der Waals surface area contributed by atoms with Crippen LogP contribution in [-0.2, 0) is 9.53 Å². The summed E-state index contributed by atoms with van der Waals surface area (Å²) in [6.07, 6.45) is 3.47. The number of aliphatic imine (C=N–C) groups is 2. The molecule has 0 radical (unpaired) electrons. The van der Waals surface area contributed by atoms with Crippen molar-refractivity contribution in [1.29, 1.82) is 0 Å². The van der Waals surface area contributed by atoms with Gasteiger partial charge in [-0.25, -0.2) is 4.99 Å². The lowest BCUT2D eigenvalue weighted by Crippen LogP contribution is -2.18. The second-order valence-electron chi connectivity index (χ2n) is 2.69. The van der Waals surface area contributed by atoms with E-state index in [0.717, 1.165) is 19.6 Å². The number of carbonyl (C=O) groups excluding carboxylic acids is 1. The maximum Gasteiger partial charge on any atom is 0.262 e. The number of amides is 1. The molecule has 0 aliphatic rings. The van der Waals surface area contributed by atoms with E-state index in [4.69, 9.17) is 4.74 Å². The second-order valence-corrected chi connectivity index (χ2v) is 2.69. The normalized spacial score (nSPS) is 11.3. The van der Waals surface area contributed by atoms with Crippen molar-refractivity contribution in [1.82, 2.24) is 10.6 Å². The van der Waals surface area contributed by atoms with Crippen LogP contribution in [0.5, 0.6) is 0 Å². The first-order valence-corrected chi connectivity index (χ1v) is 4.74. The van der Waals surface area contributed by atoms with Gasteiger partial charge in [0.2, 0.25) is 0 Å². The molecule has 6 heteroatoms. The summed E-state index contributed by atoms with van der Waals surface area (Å²) in [5, 5.41) is 5.48. The zero-order chi connectivity index (χ0) is 11.4. The Bertz CT molecular complexity index is 216. The van der Waals surface area contributed by atoms with Gasteiger partial charge in [0.15, 0.2) is 0 Å². The van der Waals surface area contributed by atoms with Crippen molar-refractivity contribution in [3.05, 3.63) is 0 Å². The third-order valence-electron chi connectivity index (χ3n) is 1.49. The van der Waals surface area contributed by atoms with E-state index >= 15 is 0 Å². The zero-order valence-corrected chi connectivity index (χ0v) is 9.19. The highest BCUT2D eigenvalue weighted by Crippen LogP contribution is 1.76. The Labute approximate surface area is 89.8 Å². The van der Waals surface area contributed by atoms with Crippen LogP contribution in [0.1, 0.15) is 6.42 Å². The van der Waals surface area contributed by atoms with Gasteiger partial charge >= 0.3 is 0 Å². The van der Waals surface area contributed by atoms with Crippen LogP contribution in [0.4, 0.5) is 0 Å². The smallest absolute Gasteiger partial charge is 0.262 e. The maximum absolute atomic E-state index is 10.7. The Morgan fingerprint density at radius 3 is 3.00 bits per heavy atom. The van der Waals surface area contributed by atoms with Crippen LogP contribution in [0.3, 0.4) is 0 Å². The first-order chi connectivity index (χ1) is 7.31. The molecule has 6 nitrogen and oxygen atoms in total. The Kier molecular flexibility index (Phi) is 9.89. The van der Waals surface area contributed by atoms with Gasteiger partial charge in [-0.15, -0.1) is 0 Å². The fourth-order valence-corrected chi connectivity index (χ4v) is 0.739. The molecule has 0 aromatic heterocycles. The molecule has 15 heavy (non-hydrogen) atoms. The van der Waals surface area contributed by atoms with Crippen LogP contribution in [-0.4, -0.2) is 52.4 Å². The standard InChI is InChI=1S/C9H18N4O2/c1-10-9(14)6-12-8-13-7-11-4-3-5-15-2/h6,8,11H,3-5,7H2,1-2H3,(H,10,14). The van der Waals surface area contributed by atoms with E-state index in [2.05, 4.69) is 20.6 Å². The number of carbonyl (C=O) groups is 1. The van der Waals surface area contributed by atoms with E-state index in [-0.39, 0.29) is 5.91 Å². The van der Waals surface area contributed by atoms with E-state index < -0.39 is 0 Å². The van der Waals surface area contributed by atoms with E-state index in [0.29, 0.717) is 6.67 Å². The van der Waals surface area contributed by atoms with Gasteiger partial charge in [-0.3, -0.25) is 15.1 Å². The number of hydrogen-bond acceptors (Lipinski definition) is 4. The molecule has 0 aliphatic heterocycles. The lowest BCUT2D eigenvalue weighted by Gasteiger charge is -1.99. The molecular weight excluding hydrogens is 196 g/mol. The quantitative estimate of drug-likeness (QED) is 0.322. The highest BCUT2D eigenvalue weighted by Gasteiger charge is 1.86. The molecule has 0 aromatic rings. The molecule has 0 saturated heterocycles. The van der Waals surface area contributed by atoms with E-state index in [1.807, 2.05) is 0 Å². The van der Waals surface area contributed by atoms with E-state index in [1.54, 1.807) is 14.2 Å². The lowest BCUT2D eigenvalue weighted by atomic mass is 10.4. The van der Waals surface area contributed by atoms with Gasteiger partial charge < -0.3 is 10.1 Å². The van der Waals surface area contributed by atoms with Crippen molar-refractivity contribution in [3.8, 4) is 0 Å². The molecule has 1 amide bonds. The van der Waals surface area contributed by atoms with Crippen LogP contribution in [0.25, 0.3) is 0 Å². The molecule has 0 aromatic carbocycles. The summed E-state index contributed by atoms with van der Waals surface area (Å²) in [4.78, 5) is 18.3. The van der Waals surface area contributed by atoms with Crippen molar-refractivity contribution >= 4 is 18.5 Å². The molecule has 0 fully saturated rings. The number of nitrogens with one attached hydrogen (secondary N) is 2. The predicted molar refractivity (Wildman–Crippen MR) is 60.4 cm³/mol. The average Bonchev–Trinajstić information content (AvgIpc) is 2.26. The van der Waals surface area contributed by atoms with Gasteiger partial charge in [0.05, 0.1) is 12.9 Å². The number of ether oxygens (including phenoxy) is 1. The van der Waals surface area contributed by atoms with Crippen molar-refractivity contribution in [2.75, 3.05) is 34.0 Å². The van der Waals surface area contributed by atoms with Crippen LogP contribution < -0.4 is 10.6 Å². The second kappa shape index (κ2) is 10.8.